The average molecular weight is 290 g/mol. The molecule has 0 aliphatic carbocycles. The van der Waals surface area contributed by atoms with Crippen molar-refractivity contribution in [2.75, 3.05) is 20.8 Å². The maximum atomic E-state index is 12.3. The van der Waals surface area contributed by atoms with Crippen molar-refractivity contribution in [3.05, 3.63) is 30.1 Å². The standard InChI is InChI=1S/C15H18N2O4/c1-20-14(18)11-10-5-8-17(10)13(12(11)15(19)21-2)9-3-6-16-7-4-9/h3-4,6-7,10-13H,5,8H2,1-2H3/t10-,11+,12-,13-/m1/s1. The van der Waals surface area contributed by atoms with E-state index in [4.69, 9.17) is 9.47 Å². The van der Waals surface area contributed by atoms with Crippen LogP contribution in [0, 0.1) is 11.8 Å². The Balaban J connectivity index is 2.01. The number of carbonyl (C=O) groups excluding carboxylic acids is 2. The summed E-state index contributed by atoms with van der Waals surface area (Å²) in [4.78, 5) is 30.6. The van der Waals surface area contributed by atoms with Crippen molar-refractivity contribution in [3.63, 3.8) is 0 Å². The Morgan fingerprint density at radius 1 is 1.14 bits per heavy atom. The van der Waals surface area contributed by atoms with Crippen LogP contribution in [0.25, 0.3) is 0 Å². The van der Waals surface area contributed by atoms with Gasteiger partial charge in [0.1, 0.15) is 0 Å². The highest BCUT2D eigenvalue weighted by Crippen LogP contribution is 2.51. The van der Waals surface area contributed by atoms with Crippen molar-refractivity contribution in [2.45, 2.75) is 18.5 Å². The minimum atomic E-state index is -0.530. The Morgan fingerprint density at radius 2 is 1.76 bits per heavy atom. The monoisotopic (exact) mass is 290 g/mol. The zero-order valence-electron chi connectivity index (χ0n) is 12.1. The number of esters is 2. The zero-order valence-corrected chi connectivity index (χ0v) is 12.1. The van der Waals surface area contributed by atoms with Gasteiger partial charge in [-0.25, -0.2) is 0 Å². The molecule has 21 heavy (non-hydrogen) atoms. The van der Waals surface area contributed by atoms with Crippen LogP contribution in [0.3, 0.4) is 0 Å². The third kappa shape index (κ3) is 2.10. The summed E-state index contributed by atoms with van der Waals surface area (Å²) < 4.78 is 9.86. The molecule has 6 nitrogen and oxygen atoms in total. The topological polar surface area (TPSA) is 68.7 Å². The van der Waals surface area contributed by atoms with E-state index in [1.54, 1.807) is 12.4 Å². The van der Waals surface area contributed by atoms with Crippen molar-refractivity contribution >= 4 is 11.9 Å². The number of ether oxygens (including phenoxy) is 2. The Kier molecular flexibility index (Phi) is 3.63. The molecule has 6 heteroatoms. The maximum absolute atomic E-state index is 12.3. The van der Waals surface area contributed by atoms with E-state index in [1.165, 1.54) is 14.2 Å². The molecule has 2 aliphatic rings. The van der Waals surface area contributed by atoms with Crippen LogP contribution in [0.1, 0.15) is 18.0 Å². The van der Waals surface area contributed by atoms with Crippen LogP contribution < -0.4 is 0 Å². The lowest BCUT2D eigenvalue weighted by atomic mass is 9.84. The van der Waals surface area contributed by atoms with E-state index in [2.05, 4.69) is 9.88 Å². The van der Waals surface area contributed by atoms with Gasteiger partial charge in [0.25, 0.3) is 0 Å². The van der Waals surface area contributed by atoms with E-state index >= 15 is 0 Å². The van der Waals surface area contributed by atoms with Gasteiger partial charge < -0.3 is 9.47 Å². The van der Waals surface area contributed by atoms with Crippen LogP contribution in [0.5, 0.6) is 0 Å². The van der Waals surface area contributed by atoms with Crippen molar-refractivity contribution < 1.29 is 19.1 Å². The van der Waals surface area contributed by atoms with E-state index < -0.39 is 11.8 Å². The molecule has 1 aromatic heterocycles. The molecule has 3 heterocycles. The van der Waals surface area contributed by atoms with E-state index in [1.807, 2.05) is 12.1 Å². The largest absolute Gasteiger partial charge is 0.469 e. The Labute approximate surface area is 123 Å². The molecular formula is C15H18N2O4. The van der Waals surface area contributed by atoms with Crippen molar-refractivity contribution in [3.8, 4) is 0 Å². The number of aromatic nitrogens is 1. The highest BCUT2D eigenvalue weighted by atomic mass is 16.5. The molecular weight excluding hydrogens is 272 g/mol. The molecule has 0 bridgehead atoms. The highest BCUT2D eigenvalue weighted by Gasteiger charge is 2.59. The first-order chi connectivity index (χ1) is 10.2. The van der Waals surface area contributed by atoms with Gasteiger partial charge in [0.2, 0.25) is 0 Å². The van der Waals surface area contributed by atoms with Crippen LogP contribution in [0.4, 0.5) is 0 Å². The van der Waals surface area contributed by atoms with Crippen molar-refractivity contribution in [1.29, 1.82) is 0 Å². The van der Waals surface area contributed by atoms with Gasteiger partial charge in [-0.15, -0.1) is 0 Å². The molecule has 0 unspecified atom stereocenters. The quantitative estimate of drug-likeness (QED) is 0.767. The third-order valence-electron chi connectivity index (χ3n) is 4.60. The molecule has 2 fully saturated rings. The molecule has 0 saturated carbocycles. The molecule has 3 rings (SSSR count). The first kappa shape index (κ1) is 14.0. The molecule has 2 aliphatic heterocycles. The van der Waals surface area contributed by atoms with Crippen LogP contribution >= 0.6 is 0 Å². The second kappa shape index (κ2) is 5.44. The van der Waals surface area contributed by atoms with Gasteiger partial charge in [0.05, 0.1) is 26.1 Å². The molecule has 4 atom stereocenters. The molecule has 1 aromatic rings. The summed E-state index contributed by atoms with van der Waals surface area (Å²) in [5.41, 5.74) is 0.983. The van der Waals surface area contributed by atoms with E-state index in [9.17, 15) is 9.59 Å². The summed E-state index contributed by atoms with van der Waals surface area (Å²) >= 11 is 0. The number of hydrogen-bond acceptors (Lipinski definition) is 6. The summed E-state index contributed by atoms with van der Waals surface area (Å²) in [7, 11) is 2.72. The number of hydrogen-bond donors (Lipinski definition) is 0. The summed E-state index contributed by atoms with van der Waals surface area (Å²) in [6.45, 7) is 0.874. The van der Waals surface area contributed by atoms with Crippen LogP contribution in [-0.4, -0.2) is 48.6 Å². The van der Waals surface area contributed by atoms with Gasteiger partial charge in [0, 0.05) is 31.0 Å². The normalized spacial score (nSPS) is 31.1. The highest BCUT2D eigenvalue weighted by molar-refractivity contribution is 5.84. The number of methoxy groups -OCH3 is 2. The predicted molar refractivity (Wildman–Crippen MR) is 73.1 cm³/mol. The molecule has 0 N–H and O–H groups in total. The van der Waals surface area contributed by atoms with E-state index in [-0.39, 0.29) is 24.0 Å². The van der Waals surface area contributed by atoms with Crippen LogP contribution in [0.2, 0.25) is 0 Å². The lowest BCUT2D eigenvalue weighted by Gasteiger charge is -2.40. The average Bonchev–Trinajstić information content (AvgIpc) is 2.74. The first-order valence-corrected chi connectivity index (χ1v) is 7.00. The minimum Gasteiger partial charge on any atom is -0.469 e. The van der Waals surface area contributed by atoms with Gasteiger partial charge in [0.15, 0.2) is 0 Å². The number of pyridine rings is 1. The molecule has 0 amide bonds. The van der Waals surface area contributed by atoms with Crippen molar-refractivity contribution in [1.82, 2.24) is 9.88 Å². The maximum Gasteiger partial charge on any atom is 0.311 e. The number of nitrogens with zero attached hydrogens (tertiary/aromatic N) is 2. The van der Waals surface area contributed by atoms with Gasteiger partial charge in [-0.2, -0.15) is 0 Å². The summed E-state index contributed by atoms with van der Waals surface area (Å²) in [6.07, 6.45) is 4.29. The van der Waals surface area contributed by atoms with Gasteiger partial charge in [-0.3, -0.25) is 19.5 Å². The van der Waals surface area contributed by atoms with Gasteiger partial charge >= 0.3 is 11.9 Å². The molecule has 0 spiro atoms. The number of fused-ring (bicyclic) bond motifs is 1. The zero-order chi connectivity index (χ0) is 15.0. The van der Waals surface area contributed by atoms with E-state index in [0.29, 0.717) is 0 Å². The number of carbonyl (C=O) groups is 2. The lowest BCUT2D eigenvalue weighted by molar-refractivity contribution is -0.157. The third-order valence-corrected chi connectivity index (χ3v) is 4.60. The van der Waals surface area contributed by atoms with Gasteiger partial charge in [-0.05, 0) is 24.1 Å². The number of rotatable bonds is 3. The van der Waals surface area contributed by atoms with Gasteiger partial charge in [-0.1, -0.05) is 0 Å². The van der Waals surface area contributed by atoms with E-state index in [0.717, 1.165) is 18.5 Å². The predicted octanol–water partition coefficient (Wildman–Crippen LogP) is 0.789. The molecule has 2 saturated heterocycles. The lowest BCUT2D eigenvalue weighted by Crippen LogP contribution is -2.48. The Bertz CT molecular complexity index is 548. The summed E-state index contributed by atoms with van der Waals surface area (Å²) in [5.74, 6) is -1.69. The second-order valence-electron chi connectivity index (χ2n) is 5.42. The summed E-state index contributed by atoms with van der Waals surface area (Å²) in [5, 5.41) is 0. The molecule has 112 valence electrons. The summed E-state index contributed by atoms with van der Waals surface area (Å²) in [6, 6.07) is 3.67. The van der Waals surface area contributed by atoms with Crippen LogP contribution in [-0.2, 0) is 19.1 Å². The molecule has 0 aromatic carbocycles. The van der Waals surface area contributed by atoms with Crippen LogP contribution in [0.15, 0.2) is 24.5 Å². The fourth-order valence-corrected chi connectivity index (χ4v) is 3.61. The van der Waals surface area contributed by atoms with Crippen molar-refractivity contribution in [2.24, 2.45) is 11.8 Å². The fraction of sp³-hybridized carbons (Fsp3) is 0.533. The first-order valence-electron chi connectivity index (χ1n) is 7.00. The smallest absolute Gasteiger partial charge is 0.311 e. The Morgan fingerprint density at radius 3 is 2.29 bits per heavy atom. The fourth-order valence-electron chi connectivity index (χ4n) is 3.61. The Hall–Kier alpha value is -1.95. The second-order valence-corrected chi connectivity index (χ2v) is 5.42. The minimum absolute atomic E-state index is 0.0553. The SMILES string of the molecule is COC(=O)[C@@H]1[C@@H](C(=O)OC)[C@@H](c2ccncc2)N2CC[C@H]12. The molecule has 0 radical (unpaired) electrons.